The Hall–Kier alpha value is -2.70. The van der Waals surface area contributed by atoms with E-state index in [0.717, 1.165) is 24.1 Å². The van der Waals surface area contributed by atoms with Crippen molar-refractivity contribution in [1.82, 2.24) is 15.4 Å². The number of nitrogens with zero attached hydrogens (tertiary/aromatic N) is 3. The third kappa shape index (κ3) is 1.96. The number of nitrogens with one attached hydrogen (secondary N) is 2. The topological polar surface area (TPSA) is 91.0 Å². The molecule has 0 radical (unpaired) electrons. The van der Waals surface area contributed by atoms with E-state index in [9.17, 15) is 9.59 Å². The first kappa shape index (κ1) is 13.9. The monoisotopic (exact) mass is 311 g/mol. The Morgan fingerprint density at radius 3 is 2.96 bits per heavy atom. The van der Waals surface area contributed by atoms with Crippen LogP contribution in [-0.2, 0) is 16.6 Å². The van der Waals surface area contributed by atoms with Crippen molar-refractivity contribution >= 4 is 23.3 Å². The maximum atomic E-state index is 12.8. The van der Waals surface area contributed by atoms with Crippen molar-refractivity contribution in [3.63, 3.8) is 0 Å². The van der Waals surface area contributed by atoms with E-state index in [4.69, 9.17) is 0 Å². The lowest BCUT2D eigenvalue weighted by Crippen LogP contribution is -2.35. The van der Waals surface area contributed by atoms with Gasteiger partial charge in [0.15, 0.2) is 5.82 Å². The molecular weight excluding hydrogens is 294 g/mol. The fraction of sp³-hybridized carbons (Fsp3) is 0.375. The highest BCUT2D eigenvalue weighted by Crippen LogP contribution is 2.38. The number of anilines is 2. The molecule has 4 rings (SSSR count). The molecule has 0 saturated carbocycles. The van der Waals surface area contributed by atoms with Gasteiger partial charge in [0.05, 0.1) is 5.41 Å². The zero-order chi connectivity index (χ0) is 16.2. The third-order valence-electron chi connectivity index (χ3n) is 4.65. The molecule has 2 aliphatic rings. The van der Waals surface area contributed by atoms with Crippen molar-refractivity contribution in [3.05, 3.63) is 35.0 Å². The average molecular weight is 311 g/mol. The zero-order valence-corrected chi connectivity index (χ0v) is 13.0. The number of carbonyl (C=O) groups is 2. The number of H-pyrrole nitrogens is 1. The highest BCUT2D eigenvalue weighted by molar-refractivity contribution is 6.10. The molecule has 0 atom stereocenters. The highest BCUT2D eigenvalue weighted by atomic mass is 16.2. The van der Waals surface area contributed by atoms with Crippen molar-refractivity contribution in [1.29, 1.82) is 0 Å². The van der Waals surface area contributed by atoms with Crippen LogP contribution in [-0.4, -0.2) is 33.8 Å². The molecule has 1 aromatic heterocycles. The van der Waals surface area contributed by atoms with Gasteiger partial charge in [-0.15, -0.1) is 5.10 Å². The number of fused-ring (bicyclic) bond motifs is 2. The minimum Gasteiger partial charge on any atom is -0.325 e. The molecule has 2 aromatic rings. The van der Waals surface area contributed by atoms with Crippen molar-refractivity contribution in [2.45, 2.75) is 32.1 Å². The molecule has 0 spiro atoms. The van der Waals surface area contributed by atoms with Gasteiger partial charge in [-0.3, -0.25) is 14.5 Å². The Kier molecular flexibility index (Phi) is 2.81. The number of aromatic nitrogens is 3. The Balaban J connectivity index is 1.70. The van der Waals surface area contributed by atoms with Gasteiger partial charge in [0.1, 0.15) is 5.69 Å². The Labute approximate surface area is 133 Å². The first-order valence-electron chi connectivity index (χ1n) is 7.66. The zero-order valence-electron chi connectivity index (χ0n) is 13.0. The predicted molar refractivity (Wildman–Crippen MR) is 84.5 cm³/mol. The fourth-order valence-electron chi connectivity index (χ4n) is 3.22. The van der Waals surface area contributed by atoms with E-state index in [0.29, 0.717) is 23.6 Å². The summed E-state index contributed by atoms with van der Waals surface area (Å²) in [5.74, 6) is 0.432. The minimum absolute atomic E-state index is 0.0474. The number of amides is 2. The van der Waals surface area contributed by atoms with Crippen molar-refractivity contribution in [2.24, 2.45) is 0 Å². The molecule has 0 fully saturated rings. The van der Waals surface area contributed by atoms with Crippen LogP contribution in [0.3, 0.4) is 0 Å². The Morgan fingerprint density at radius 1 is 1.30 bits per heavy atom. The van der Waals surface area contributed by atoms with Gasteiger partial charge in [-0.25, -0.2) is 0 Å². The third-order valence-corrected chi connectivity index (χ3v) is 4.65. The predicted octanol–water partition coefficient (Wildman–Crippen LogP) is 1.63. The summed E-state index contributed by atoms with van der Waals surface area (Å²) in [6, 6.07) is 5.38. The Morgan fingerprint density at radius 2 is 2.13 bits per heavy atom. The molecule has 7 heteroatoms. The highest BCUT2D eigenvalue weighted by Gasteiger charge is 2.38. The summed E-state index contributed by atoms with van der Waals surface area (Å²) in [5.41, 5.74) is 2.42. The van der Waals surface area contributed by atoms with Crippen LogP contribution in [0.1, 0.15) is 41.9 Å². The summed E-state index contributed by atoms with van der Waals surface area (Å²) in [5, 5.41) is 13.6. The van der Waals surface area contributed by atoms with E-state index in [1.165, 1.54) is 0 Å². The van der Waals surface area contributed by atoms with Gasteiger partial charge in [0.2, 0.25) is 5.91 Å². The summed E-state index contributed by atoms with van der Waals surface area (Å²) >= 11 is 0. The van der Waals surface area contributed by atoms with Gasteiger partial charge in [-0.1, -0.05) is 6.07 Å². The van der Waals surface area contributed by atoms with Crippen molar-refractivity contribution < 1.29 is 9.59 Å². The Bertz CT molecular complexity index is 824. The molecule has 0 bridgehead atoms. The molecular formula is C16H17N5O2. The summed E-state index contributed by atoms with van der Waals surface area (Å²) in [4.78, 5) is 26.5. The molecule has 7 nitrogen and oxygen atoms in total. The van der Waals surface area contributed by atoms with Gasteiger partial charge in [0.25, 0.3) is 5.91 Å². The standard InChI is InChI=1S/C16H17N5O2/c1-16(2)10-6-5-9(8-12(10)17-15(16)23)14(22)21-7-3-4-11-13(21)19-20-18-11/h5-6,8H,3-4,7H2,1-2H3,(H,17,23)(H,18,19,20). The molecule has 1 aromatic carbocycles. The molecule has 0 saturated heterocycles. The largest absolute Gasteiger partial charge is 0.325 e. The van der Waals surface area contributed by atoms with Gasteiger partial charge in [-0.05, 0) is 44.4 Å². The van der Waals surface area contributed by atoms with E-state index in [-0.39, 0.29) is 11.8 Å². The maximum absolute atomic E-state index is 12.8. The number of hydrogen-bond acceptors (Lipinski definition) is 4. The van der Waals surface area contributed by atoms with Crippen LogP contribution in [0.25, 0.3) is 0 Å². The first-order valence-corrected chi connectivity index (χ1v) is 7.66. The van der Waals surface area contributed by atoms with E-state index >= 15 is 0 Å². The first-order chi connectivity index (χ1) is 11.0. The molecule has 2 amide bonds. The minimum atomic E-state index is -0.568. The summed E-state index contributed by atoms with van der Waals surface area (Å²) in [6.07, 6.45) is 1.68. The summed E-state index contributed by atoms with van der Waals surface area (Å²) in [7, 11) is 0. The van der Waals surface area contributed by atoms with Crippen LogP contribution in [0.2, 0.25) is 0 Å². The fourth-order valence-corrected chi connectivity index (χ4v) is 3.22. The SMILES string of the molecule is CC1(C)C(=O)Nc2cc(C(=O)N3CCCc4n[nH]nc43)ccc21. The lowest BCUT2D eigenvalue weighted by molar-refractivity contribution is -0.119. The molecule has 23 heavy (non-hydrogen) atoms. The number of hydrogen-bond donors (Lipinski definition) is 2. The number of aryl methyl sites for hydroxylation is 1. The van der Waals surface area contributed by atoms with Crippen LogP contribution >= 0.6 is 0 Å². The lowest BCUT2D eigenvalue weighted by atomic mass is 9.86. The second-order valence-electron chi connectivity index (χ2n) is 6.49. The average Bonchev–Trinajstić information content (AvgIpc) is 3.09. The maximum Gasteiger partial charge on any atom is 0.259 e. The number of rotatable bonds is 1. The smallest absolute Gasteiger partial charge is 0.259 e. The molecule has 3 heterocycles. The van der Waals surface area contributed by atoms with Crippen LogP contribution < -0.4 is 10.2 Å². The molecule has 118 valence electrons. The second-order valence-corrected chi connectivity index (χ2v) is 6.49. The van der Waals surface area contributed by atoms with Crippen LogP contribution in [0, 0.1) is 0 Å². The number of carbonyl (C=O) groups excluding carboxylic acids is 2. The number of aromatic amines is 1. The van der Waals surface area contributed by atoms with Crippen molar-refractivity contribution in [3.8, 4) is 0 Å². The second kappa shape index (κ2) is 4.65. The lowest BCUT2D eigenvalue weighted by Gasteiger charge is -2.24. The normalized spacial score (nSPS) is 18.3. The van der Waals surface area contributed by atoms with Gasteiger partial charge < -0.3 is 5.32 Å². The molecule has 2 N–H and O–H groups in total. The van der Waals surface area contributed by atoms with Crippen LogP contribution in [0.4, 0.5) is 11.5 Å². The van der Waals surface area contributed by atoms with Gasteiger partial charge in [-0.2, -0.15) is 10.3 Å². The van der Waals surface area contributed by atoms with E-state index < -0.39 is 5.41 Å². The molecule has 0 aliphatic carbocycles. The van der Waals surface area contributed by atoms with Crippen molar-refractivity contribution in [2.75, 3.05) is 16.8 Å². The van der Waals surface area contributed by atoms with E-state index in [1.807, 2.05) is 19.9 Å². The molecule has 0 unspecified atom stereocenters. The van der Waals surface area contributed by atoms with Gasteiger partial charge in [0, 0.05) is 17.8 Å². The number of benzene rings is 1. The summed E-state index contributed by atoms with van der Waals surface area (Å²) < 4.78 is 0. The van der Waals surface area contributed by atoms with E-state index in [1.54, 1.807) is 17.0 Å². The van der Waals surface area contributed by atoms with Crippen LogP contribution in [0.5, 0.6) is 0 Å². The quantitative estimate of drug-likeness (QED) is 0.837. The molecule has 2 aliphatic heterocycles. The van der Waals surface area contributed by atoms with E-state index in [2.05, 4.69) is 20.7 Å². The van der Waals surface area contributed by atoms with Crippen LogP contribution in [0.15, 0.2) is 18.2 Å². The van der Waals surface area contributed by atoms with Gasteiger partial charge >= 0.3 is 0 Å². The summed E-state index contributed by atoms with van der Waals surface area (Å²) in [6.45, 7) is 4.37.